The zero-order valence-electron chi connectivity index (χ0n) is 10.1. The highest BCUT2D eigenvalue weighted by atomic mass is 16.3. The van der Waals surface area contributed by atoms with Crippen LogP contribution >= 0.6 is 0 Å². The number of nitrogens with zero attached hydrogens (tertiary/aromatic N) is 1. The number of hydrogen-bond donors (Lipinski definition) is 2. The van der Waals surface area contributed by atoms with Crippen LogP contribution in [0.15, 0.2) is 16.5 Å². The van der Waals surface area contributed by atoms with Gasteiger partial charge in [0, 0.05) is 19.1 Å². The molecule has 0 spiro atoms. The molecule has 0 aliphatic carbocycles. The Hall–Kier alpha value is -1.33. The van der Waals surface area contributed by atoms with E-state index in [2.05, 4.69) is 10.2 Å². The number of likely N-dealkylation sites (tertiary alicyclic amines) is 1. The van der Waals surface area contributed by atoms with Crippen molar-refractivity contribution in [2.24, 2.45) is 5.73 Å². The molecular formula is C12H19N3O2. The molecule has 1 fully saturated rings. The quantitative estimate of drug-likeness (QED) is 0.786. The second-order valence-electron chi connectivity index (χ2n) is 4.57. The molecule has 3 N–H and O–H groups in total. The summed E-state index contributed by atoms with van der Waals surface area (Å²) in [7, 11) is 0. The lowest BCUT2D eigenvalue weighted by molar-refractivity contribution is -0.122. The number of hydrogen-bond acceptors (Lipinski definition) is 4. The third-order valence-electron chi connectivity index (χ3n) is 2.93. The van der Waals surface area contributed by atoms with Crippen LogP contribution in [0.25, 0.3) is 0 Å². The summed E-state index contributed by atoms with van der Waals surface area (Å²) < 4.78 is 5.37. The van der Waals surface area contributed by atoms with Crippen LogP contribution in [0.5, 0.6) is 0 Å². The molecule has 5 heteroatoms. The van der Waals surface area contributed by atoms with E-state index in [9.17, 15) is 4.79 Å². The lowest BCUT2D eigenvalue weighted by Gasteiger charge is -2.14. The van der Waals surface area contributed by atoms with Crippen molar-refractivity contribution in [1.82, 2.24) is 10.2 Å². The first kappa shape index (κ1) is 12.1. The summed E-state index contributed by atoms with van der Waals surface area (Å²) in [6.45, 7) is 4.48. The van der Waals surface area contributed by atoms with Crippen molar-refractivity contribution in [3.05, 3.63) is 23.7 Å². The van der Waals surface area contributed by atoms with E-state index in [0.29, 0.717) is 13.1 Å². The Morgan fingerprint density at radius 3 is 3.06 bits per heavy atom. The van der Waals surface area contributed by atoms with Crippen molar-refractivity contribution in [1.29, 1.82) is 0 Å². The number of nitrogens with two attached hydrogens (primary N) is 1. The lowest BCUT2D eigenvalue weighted by Crippen LogP contribution is -2.36. The summed E-state index contributed by atoms with van der Waals surface area (Å²) in [5, 5.41) is 2.84. The van der Waals surface area contributed by atoms with E-state index in [-0.39, 0.29) is 11.9 Å². The Morgan fingerprint density at radius 2 is 2.47 bits per heavy atom. The van der Waals surface area contributed by atoms with E-state index in [1.54, 1.807) is 0 Å². The first-order valence-electron chi connectivity index (χ1n) is 5.93. The van der Waals surface area contributed by atoms with Crippen molar-refractivity contribution in [2.75, 3.05) is 19.6 Å². The van der Waals surface area contributed by atoms with Gasteiger partial charge in [-0.1, -0.05) is 0 Å². The summed E-state index contributed by atoms with van der Waals surface area (Å²) in [6, 6.07) is 3.98. The average Bonchev–Trinajstić information content (AvgIpc) is 2.85. The Kier molecular flexibility index (Phi) is 3.81. The highest BCUT2D eigenvalue weighted by molar-refractivity contribution is 5.77. The fourth-order valence-corrected chi connectivity index (χ4v) is 2.03. The predicted octanol–water partition coefficient (Wildman–Crippen LogP) is 0.237. The van der Waals surface area contributed by atoms with Crippen LogP contribution in [0.2, 0.25) is 0 Å². The minimum Gasteiger partial charge on any atom is -0.465 e. The monoisotopic (exact) mass is 237 g/mol. The van der Waals surface area contributed by atoms with Gasteiger partial charge in [0.15, 0.2) is 0 Å². The minimum absolute atomic E-state index is 0.0214. The number of amides is 1. The van der Waals surface area contributed by atoms with Crippen LogP contribution in [-0.4, -0.2) is 36.5 Å². The molecule has 1 atom stereocenters. The molecule has 1 aliphatic heterocycles. The van der Waals surface area contributed by atoms with Gasteiger partial charge in [0.2, 0.25) is 5.91 Å². The summed E-state index contributed by atoms with van der Waals surface area (Å²) in [6.07, 6.45) is 0.977. The van der Waals surface area contributed by atoms with Crippen molar-refractivity contribution in [3.63, 3.8) is 0 Å². The normalized spacial score (nSPS) is 20.7. The number of furan rings is 1. The fraction of sp³-hybridized carbons (Fsp3) is 0.583. The largest absolute Gasteiger partial charge is 0.465 e. The average molecular weight is 237 g/mol. The molecule has 0 saturated carbocycles. The van der Waals surface area contributed by atoms with E-state index in [1.165, 1.54) is 0 Å². The molecule has 2 heterocycles. The van der Waals surface area contributed by atoms with Crippen LogP contribution < -0.4 is 11.1 Å². The molecule has 1 saturated heterocycles. The van der Waals surface area contributed by atoms with Gasteiger partial charge in [0.1, 0.15) is 11.5 Å². The summed E-state index contributed by atoms with van der Waals surface area (Å²) in [5.41, 5.74) is 5.78. The van der Waals surface area contributed by atoms with Gasteiger partial charge in [0.25, 0.3) is 0 Å². The standard InChI is InChI=1S/C12H19N3O2/c1-9-2-3-11(17-9)6-14-12(16)8-15-5-4-10(13)7-15/h2-3,10H,4-8,13H2,1H3,(H,14,16). The lowest BCUT2D eigenvalue weighted by atomic mass is 10.3. The zero-order valence-corrected chi connectivity index (χ0v) is 10.1. The van der Waals surface area contributed by atoms with Crippen LogP contribution in [0.4, 0.5) is 0 Å². The highest BCUT2D eigenvalue weighted by Gasteiger charge is 2.20. The second-order valence-corrected chi connectivity index (χ2v) is 4.57. The second kappa shape index (κ2) is 5.33. The number of rotatable bonds is 4. The number of carbonyl (C=O) groups excluding carboxylic acids is 1. The van der Waals surface area contributed by atoms with Crippen LogP contribution in [0, 0.1) is 6.92 Å². The first-order chi connectivity index (χ1) is 8.13. The molecule has 1 amide bonds. The van der Waals surface area contributed by atoms with E-state index in [0.717, 1.165) is 31.0 Å². The van der Waals surface area contributed by atoms with Gasteiger partial charge < -0.3 is 15.5 Å². The molecule has 0 bridgehead atoms. The summed E-state index contributed by atoms with van der Waals surface area (Å²) in [5.74, 6) is 1.67. The molecule has 1 aromatic rings. The van der Waals surface area contributed by atoms with Crippen molar-refractivity contribution in [2.45, 2.75) is 25.9 Å². The van der Waals surface area contributed by atoms with Gasteiger partial charge >= 0.3 is 0 Å². The van der Waals surface area contributed by atoms with E-state index < -0.39 is 0 Å². The maximum Gasteiger partial charge on any atom is 0.234 e. The van der Waals surface area contributed by atoms with Crippen molar-refractivity contribution >= 4 is 5.91 Å². The molecule has 1 aromatic heterocycles. The topological polar surface area (TPSA) is 71.5 Å². The summed E-state index contributed by atoms with van der Waals surface area (Å²) >= 11 is 0. The number of nitrogens with one attached hydrogen (secondary N) is 1. The minimum atomic E-state index is 0.0214. The van der Waals surface area contributed by atoms with Crippen molar-refractivity contribution in [3.8, 4) is 0 Å². The van der Waals surface area contributed by atoms with Gasteiger partial charge in [-0.3, -0.25) is 9.69 Å². The third kappa shape index (κ3) is 3.57. The van der Waals surface area contributed by atoms with Gasteiger partial charge in [-0.25, -0.2) is 0 Å². The number of aryl methyl sites for hydroxylation is 1. The SMILES string of the molecule is Cc1ccc(CNC(=O)CN2CCC(N)C2)o1. The molecule has 5 nitrogen and oxygen atoms in total. The maximum atomic E-state index is 11.7. The molecule has 1 unspecified atom stereocenters. The van der Waals surface area contributed by atoms with E-state index in [1.807, 2.05) is 19.1 Å². The predicted molar refractivity (Wildman–Crippen MR) is 64.3 cm³/mol. The number of carbonyl (C=O) groups is 1. The van der Waals surface area contributed by atoms with Crippen LogP contribution in [-0.2, 0) is 11.3 Å². The summed E-state index contributed by atoms with van der Waals surface area (Å²) in [4.78, 5) is 13.7. The molecule has 1 aliphatic rings. The molecule has 0 aromatic carbocycles. The highest BCUT2D eigenvalue weighted by Crippen LogP contribution is 2.07. The third-order valence-corrected chi connectivity index (χ3v) is 2.93. The molecule has 2 rings (SSSR count). The maximum absolute atomic E-state index is 11.7. The van der Waals surface area contributed by atoms with Gasteiger partial charge in [0.05, 0.1) is 13.1 Å². The first-order valence-corrected chi connectivity index (χ1v) is 5.93. The van der Waals surface area contributed by atoms with E-state index in [4.69, 9.17) is 10.2 Å². The Bertz CT molecular complexity index is 389. The van der Waals surface area contributed by atoms with E-state index >= 15 is 0 Å². The Morgan fingerprint density at radius 1 is 1.65 bits per heavy atom. The zero-order chi connectivity index (χ0) is 12.3. The van der Waals surface area contributed by atoms with Gasteiger partial charge in [-0.2, -0.15) is 0 Å². The molecule has 0 radical (unpaired) electrons. The smallest absolute Gasteiger partial charge is 0.234 e. The Balaban J connectivity index is 1.71. The van der Waals surface area contributed by atoms with Gasteiger partial charge in [-0.15, -0.1) is 0 Å². The Labute approximate surface area is 101 Å². The molecular weight excluding hydrogens is 218 g/mol. The molecule has 17 heavy (non-hydrogen) atoms. The molecule has 94 valence electrons. The van der Waals surface area contributed by atoms with Gasteiger partial charge in [-0.05, 0) is 25.5 Å². The van der Waals surface area contributed by atoms with Crippen molar-refractivity contribution < 1.29 is 9.21 Å². The fourth-order valence-electron chi connectivity index (χ4n) is 2.03. The van der Waals surface area contributed by atoms with Crippen LogP contribution in [0.1, 0.15) is 17.9 Å². The van der Waals surface area contributed by atoms with Crippen LogP contribution in [0.3, 0.4) is 0 Å².